The number of sulfonamides is 1. The van der Waals surface area contributed by atoms with Crippen molar-refractivity contribution in [2.24, 2.45) is 0 Å². The highest BCUT2D eigenvalue weighted by atomic mass is 35.5. The van der Waals surface area contributed by atoms with Crippen LogP contribution in [0.4, 0.5) is 24.5 Å². The predicted molar refractivity (Wildman–Crippen MR) is 194 cm³/mol. The van der Waals surface area contributed by atoms with E-state index in [1.165, 1.54) is 48.9 Å². The first-order chi connectivity index (χ1) is 24.4. The average Bonchev–Trinajstić information content (AvgIpc) is 3.12. The quantitative estimate of drug-likeness (QED) is 0.169. The molecule has 0 aliphatic carbocycles. The number of para-hydroxylation sites is 1. The Labute approximate surface area is 299 Å². The van der Waals surface area contributed by atoms with E-state index in [4.69, 9.17) is 11.6 Å². The molecule has 51 heavy (non-hydrogen) atoms. The van der Waals surface area contributed by atoms with Crippen molar-refractivity contribution in [3.63, 3.8) is 0 Å². The summed E-state index contributed by atoms with van der Waals surface area (Å²) in [5, 5.41) is 0.846. The molecule has 1 saturated heterocycles. The molecule has 0 bridgehead atoms. The molecule has 1 fully saturated rings. The maximum Gasteiger partial charge on any atom is 0.471 e. The summed E-state index contributed by atoms with van der Waals surface area (Å²) in [7, 11) is -4.51. The average molecular weight is 735 g/mol. The second kappa shape index (κ2) is 14.7. The van der Waals surface area contributed by atoms with Gasteiger partial charge in [-0.1, -0.05) is 84.4 Å². The second-order valence-electron chi connectivity index (χ2n) is 12.1. The molecule has 5 aromatic rings. The van der Waals surface area contributed by atoms with Crippen LogP contribution in [0.5, 0.6) is 0 Å². The number of hydrogen-bond acceptors (Lipinski definition) is 6. The van der Waals surface area contributed by atoms with Crippen LogP contribution in [-0.4, -0.2) is 64.0 Å². The summed E-state index contributed by atoms with van der Waals surface area (Å²) < 4.78 is 69.7. The van der Waals surface area contributed by atoms with Gasteiger partial charge >= 0.3 is 12.1 Å². The lowest BCUT2D eigenvalue weighted by Crippen LogP contribution is -2.46. The number of halogens is 4. The number of nitrogens with zero attached hydrogens (tertiary/aromatic N) is 3. The zero-order valence-corrected chi connectivity index (χ0v) is 29.1. The minimum Gasteiger partial charge on any atom is -0.368 e. The van der Waals surface area contributed by atoms with E-state index in [1.54, 1.807) is 24.3 Å². The van der Waals surface area contributed by atoms with E-state index >= 15 is 0 Å². The van der Waals surface area contributed by atoms with Crippen LogP contribution in [0.1, 0.15) is 22.8 Å². The monoisotopic (exact) mass is 734 g/mol. The molecule has 1 aliphatic rings. The molecule has 0 spiro atoms. The van der Waals surface area contributed by atoms with Gasteiger partial charge in [-0.3, -0.25) is 14.5 Å². The maximum absolute atomic E-state index is 13.7. The van der Waals surface area contributed by atoms with Crippen LogP contribution in [0, 0.1) is 0 Å². The first-order valence-electron chi connectivity index (χ1n) is 16.2. The summed E-state index contributed by atoms with van der Waals surface area (Å²) in [6.07, 6.45) is -5.13. The number of carbonyl (C=O) groups is 2. The SMILES string of the molecule is CCN(C(=O)C(F)(F)F)c1cccc2c(S(=O)(=O)NC(=O)c3ccccc3N3CCN(Cc4ccccc4-c4ccc(Cl)cc4)CC3)cccc12. The van der Waals surface area contributed by atoms with Crippen molar-refractivity contribution in [1.29, 1.82) is 0 Å². The van der Waals surface area contributed by atoms with Crippen molar-refractivity contribution in [3.05, 3.63) is 125 Å². The molecule has 5 aromatic carbocycles. The summed E-state index contributed by atoms with van der Waals surface area (Å²) in [6.45, 7) is 4.41. The zero-order valence-electron chi connectivity index (χ0n) is 27.5. The Morgan fingerprint density at radius 1 is 0.804 bits per heavy atom. The van der Waals surface area contributed by atoms with Crippen molar-refractivity contribution in [1.82, 2.24) is 9.62 Å². The van der Waals surface area contributed by atoms with E-state index in [2.05, 4.69) is 21.8 Å². The summed E-state index contributed by atoms with van der Waals surface area (Å²) in [5.74, 6) is -2.92. The van der Waals surface area contributed by atoms with E-state index < -0.39 is 28.0 Å². The number of fused-ring (bicyclic) bond motifs is 1. The Bertz CT molecular complexity index is 2190. The molecule has 1 heterocycles. The van der Waals surface area contributed by atoms with Gasteiger partial charge < -0.3 is 9.80 Å². The number of nitrogens with one attached hydrogen (secondary N) is 1. The molecule has 0 saturated carbocycles. The fraction of sp³-hybridized carbons (Fsp3) is 0.211. The number of amides is 2. The molecule has 13 heteroatoms. The van der Waals surface area contributed by atoms with Crippen LogP contribution in [-0.2, 0) is 21.4 Å². The highest BCUT2D eigenvalue weighted by Crippen LogP contribution is 2.34. The third-order valence-electron chi connectivity index (χ3n) is 8.90. The van der Waals surface area contributed by atoms with Gasteiger partial charge in [0.1, 0.15) is 0 Å². The van der Waals surface area contributed by atoms with Gasteiger partial charge in [0.15, 0.2) is 0 Å². The summed E-state index contributed by atoms with van der Waals surface area (Å²) in [5.41, 5.74) is 4.02. The van der Waals surface area contributed by atoms with E-state index in [0.29, 0.717) is 41.8 Å². The molecular formula is C38H34ClF3N4O4S. The minimum absolute atomic E-state index is 0.0609. The lowest BCUT2D eigenvalue weighted by atomic mass is 9.99. The van der Waals surface area contributed by atoms with E-state index in [1.807, 2.05) is 41.3 Å². The maximum atomic E-state index is 13.7. The Morgan fingerprint density at radius 2 is 1.45 bits per heavy atom. The highest BCUT2D eigenvalue weighted by Gasteiger charge is 2.43. The fourth-order valence-electron chi connectivity index (χ4n) is 6.44. The third-order valence-corrected chi connectivity index (χ3v) is 10.5. The third kappa shape index (κ3) is 7.73. The molecule has 1 aliphatic heterocycles. The fourth-order valence-corrected chi connectivity index (χ4v) is 7.76. The summed E-state index contributed by atoms with van der Waals surface area (Å²) in [6, 6.07) is 30.9. The van der Waals surface area contributed by atoms with Crippen LogP contribution >= 0.6 is 11.6 Å². The summed E-state index contributed by atoms with van der Waals surface area (Å²) in [4.78, 5) is 30.4. The number of alkyl halides is 3. The van der Waals surface area contributed by atoms with Gasteiger partial charge in [-0.2, -0.15) is 13.2 Å². The van der Waals surface area contributed by atoms with Crippen molar-refractivity contribution in [2.75, 3.05) is 42.5 Å². The topological polar surface area (TPSA) is 90.0 Å². The number of hydrogen-bond donors (Lipinski definition) is 1. The smallest absolute Gasteiger partial charge is 0.368 e. The van der Waals surface area contributed by atoms with Crippen molar-refractivity contribution < 1.29 is 31.2 Å². The number of piperazine rings is 1. The van der Waals surface area contributed by atoms with Crippen molar-refractivity contribution in [2.45, 2.75) is 24.5 Å². The molecule has 0 radical (unpaired) electrons. The van der Waals surface area contributed by atoms with Gasteiger partial charge in [0.25, 0.3) is 15.9 Å². The molecule has 8 nitrogen and oxygen atoms in total. The standard InChI is InChI=1S/C38H34ClF3N4O4S/c1-2-46(37(48)38(40,41)42)34-15-7-13-31-30(34)12-8-16-35(31)51(49,50)43-36(47)32-11-5-6-14-33(32)45-23-21-44(22-24-45)25-27-9-3-4-10-29(27)26-17-19-28(39)20-18-26/h3-20H,2,21-25H2,1H3,(H,43,47). The molecule has 264 valence electrons. The van der Waals surface area contributed by atoms with E-state index in [9.17, 15) is 31.2 Å². The largest absolute Gasteiger partial charge is 0.471 e. The molecule has 0 unspecified atom stereocenters. The minimum atomic E-state index is -5.13. The van der Waals surface area contributed by atoms with Crippen LogP contribution in [0.25, 0.3) is 21.9 Å². The first-order valence-corrected chi connectivity index (χ1v) is 18.1. The summed E-state index contributed by atoms with van der Waals surface area (Å²) >= 11 is 6.10. The second-order valence-corrected chi connectivity index (χ2v) is 14.1. The van der Waals surface area contributed by atoms with Crippen molar-refractivity contribution in [3.8, 4) is 11.1 Å². The Balaban J connectivity index is 1.19. The van der Waals surface area contributed by atoms with Gasteiger partial charge in [-0.25, -0.2) is 13.1 Å². The molecule has 0 aromatic heterocycles. The molecule has 1 N–H and O–H groups in total. The first kappa shape index (κ1) is 35.9. The van der Waals surface area contributed by atoms with E-state index in [0.717, 1.165) is 17.7 Å². The van der Waals surface area contributed by atoms with Gasteiger partial charge in [0.05, 0.1) is 16.1 Å². The number of rotatable bonds is 9. The van der Waals surface area contributed by atoms with Crippen LogP contribution < -0.4 is 14.5 Å². The van der Waals surface area contributed by atoms with Crippen molar-refractivity contribution >= 4 is 55.6 Å². The van der Waals surface area contributed by atoms with Crippen LogP contribution in [0.15, 0.2) is 114 Å². The molecule has 6 rings (SSSR count). The molecular weight excluding hydrogens is 701 g/mol. The van der Waals surface area contributed by atoms with Gasteiger partial charge in [-0.05, 0) is 60.0 Å². The van der Waals surface area contributed by atoms with Crippen LogP contribution in [0.3, 0.4) is 0 Å². The Kier molecular flexibility index (Phi) is 10.4. The van der Waals surface area contributed by atoms with E-state index in [-0.39, 0.29) is 33.5 Å². The van der Waals surface area contributed by atoms with Gasteiger partial charge in [0, 0.05) is 60.8 Å². The zero-order chi connectivity index (χ0) is 36.3. The molecule has 0 atom stereocenters. The highest BCUT2D eigenvalue weighted by molar-refractivity contribution is 7.90. The molecule has 2 amide bonds. The number of carbonyl (C=O) groups excluding carboxylic acids is 2. The lowest BCUT2D eigenvalue weighted by molar-refractivity contribution is -0.170. The normalized spacial score (nSPS) is 14.0. The van der Waals surface area contributed by atoms with Crippen LogP contribution in [0.2, 0.25) is 5.02 Å². The van der Waals surface area contributed by atoms with Gasteiger partial charge in [0.2, 0.25) is 0 Å². The number of benzene rings is 5. The predicted octanol–water partition coefficient (Wildman–Crippen LogP) is 7.52. The number of anilines is 2. The lowest BCUT2D eigenvalue weighted by Gasteiger charge is -2.37. The Morgan fingerprint density at radius 3 is 2.16 bits per heavy atom. The Hall–Kier alpha value is -4.91. The van der Waals surface area contributed by atoms with Gasteiger partial charge in [-0.15, -0.1) is 0 Å².